The lowest BCUT2D eigenvalue weighted by molar-refractivity contribution is -0.114. The smallest absolute Gasteiger partial charge is 0.152 e. The lowest BCUT2D eigenvalue weighted by Gasteiger charge is -2.38. The zero-order chi connectivity index (χ0) is 8.44. The molecule has 1 nitrogen and oxygen atoms in total. The van der Waals surface area contributed by atoms with Crippen LogP contribution in [-0.2, 0) is 4.79 Å². The van der Waals surface area contributed by atoms with Crippen molar-refractivity contribution in [3.63, 3.8) is 0 Å². The second kappa shape index (κ2) is 3.62. The highest BCUT2D eigenvalue weighted by Crippen LogP contribution is 2.50. The molecule has 2 aliphatic rings. The molecule has 0 amide bonds. The Bertz CT molecular complexity index is 173. The number of carbonyl (C=O) groups is 1. The van der Waals surface area contributed by atoms with Gasteiger partial charge in [-0.2, -0.15) is 0 Å². The van der Waals surface area contributed by atoms with Gasteiger partial charge in [0.2, 0.25) is 0 Å². The highest BCUT2D eigenvalue weighted by Gasteiger charge is 2.36. The normalized spacial score (nSPS) is 29.2. The number of hydrogen-bond donors (Lipinski definition) is 0. The molecule has 1 aliphatic heterocycles. The number of carbonyl (C=O) groups excluding carboxylic acids is 1. The van der Waals surface area contributed by atoms with Crippen molar-refractivity contribution >= 4 is 29.3 Å². The number of rotatable bonds is 0. The van der Waals surface area contributed by atoms with Crippen molar-refractivity contribution in [1.82, 2.24) is 0 Å². The van der Waals surface area contributed by atoms with E-state index in [4.69, 9.17) is 0 Å². The summed E-state index contributed by atoms with van der Waals surface area (Å²) in [5.74, 6) is 1.97. The predicted octanol–water partition coefficient (Wildman–Crippen LogP) is 2.70. The third-order valence-corrected chi connectivity index (χ3v) is 6.12. The summed E-state index contributed by atoms with van der Waals surface area (Å²) < 4.78 is 0.451. The van der Waals surface area contributed by atoms with Crippen LogP contribution < -0.4 is 0 Å². The molecule has 1 aliphatic carbocycles. The molecule has 1 saturated heterocycles. The van der Waals surface area contributed by atoms with Gasteiger partial charge in [-0.3, -0.25) is 4.79 Å². The summed E-state index contributed by atoms with van der Waals surface area (Å²) in [5.41, 5.74) is 0. The summed E-state index contributed by atoms with van der Waals surface area (Å²) in [6.07, 6.45) is 6.80. The van der Waals surface area contributed by atoms with Crippen LogP contribution in [0.4, 0.5) is 0 Å². The molecule has 0 aromatic heterocycles. The van der Waals surface area contributed by atoms with E-state index in [1.54, 1.807) is 0 Å². The summed E-state index contributed by atoms with van der Waals surface area (Å²) in [4.78, 5) is 11.0. The van der Waals surface area contributed by atoms with Gasteiger partial charge in [0.25, 0.3) is 0 Å². The molecular weight excluding hydrogens is 188 g/mol. The number of hydrogen-bond acceptors (Lipinski definition) is 3. The molecule has 1 heterocycles. The Morgan fingerprint density at radius 2 is 1.58 bits per heavy atom. The Labute approximate surface area is 82.1 Å². The average molecular weight is 202 g/mol. The standard InChI is InChI=1S/C9H14OS2/c10-8-6-11-9(12-7-8)4-2-1-3-5-9/h1-7H2. The van der Waals surface area contributed by atoms with Gasteiger partial charge in [-0.15, -0.1) is 23.5 Å². The topological polar surface area (TPSA) is 17.1 Å². The highest BCUT2D eigenvalue weighted by molar-refractivity contribution is 8.19. The van der Waals surface area contributed by atoms with E-state index in [1.807, 2.05) is 23.5 Å². The average Bonchev–Trinajstić information content (AvgIpc) is 2.13. The maximum atomic E-state index is 11.0. The molecule has 1 spiro atoms. The number of ketones is 1. The van der Waals surface area contributed by atoms with Gasteiger partial charge in [-0.05, 0) is 12.8 Å². The first-order valence-electron chi connectivity index (χ1n) is 4.60. The molecule has 0 N–H and O–H groups in total. The molecule has 12 heavy (non-hydrogen) atoms. The first-order chi connectivity index (χ1) is 5.81. The fourth-order valence-corrected chi connectivity index (χ4v) is 4.91. The first kappa shape index (κ1) is 8.95. The molecule has 3 heteroatoms. The van der Waals surface area contributed by atoms with Crippen LogP contribution in [-0.4, -0.2) is 21.4 Å². The molecule has 0 radical (unpaired) electrons. The fourth-order valence-electron chi connectivity index (χ4n) is 1.89. The van der Waals surface area contributed by atoms with Gasteiger partial charge in [0.05, 0.1) is 15.6 Å². The molecule has 0 aromatic carbocycles. The van der Waals surface area contributed by atoms with Crippen molar-refractivity contribution in [2.45, 2.75) is 36.2 Å². The molecule has 0 unspecified atom stereocenters. The van der Waals surface area contributed by atoms with Gasteiger partial charge >= 0.3 is 0 Å². The van der Waals surface area contributed by atoms with E-state index in [0.717, 1.165) is 11.5 Å². The Morgan fingerprint density at radius 3 is 2.17 bits per heavy atom. The van der Waals surface area contributed by atoms with Crippen LogP contribution in [0.25, 0.3) is 0 Å². The van der Waals surface area contributed by atoms with Gasteiger partial charge in [0, 0.05) is 0 Å². The summed E-state index contributed by atoms with van der Waals surface area (Å²) in [6.45, 7) is 0. The largest absolute Gasteiger partial charge is 0.298 e. The van der Waals surface area contributed by atoms with Crippen molar-refractivity contribution in [1.29, 1.82) is 0 Å². The van der Waals surface area contributed by atoms with E-state index in [9.17, 15) is 4.79 Å². The molecule has 0 bridgehead atoms. The van der Waals surface area contributed by atoms with E-state index in [1.165, 1.54) is 32.1 Å². The third kappa shape index (κ3) is 1.82. The quantitative estimate of drug-likeness (QED) is 0.601. The molecule has 2 fully saturated rings. The van der Waals surface area contributed by atoms with Crippen LogP contribution in [0.5, 0.6) is 0 Å². The van der Waals surface area contributed by atoms with Gasteiger partial charge in [0.1, 0.15) is 0 Å². The SMILES string of the molecule is O=C1CSC2(CCCCC2)SC1. The Balaban J connectivity index is 1.96. The lowest BCUT2D eigenvalue weighted by Crippen LogP contribution is -2.31. The van der Waals surface area contributed by atoms with E-state index >= 15 is 0 Å². The van der Waals surface area contributed by atoms with Crippen LogP contribution in [0.2, 0.25) is 0 Å². The summed E-state index contributed by atoms with van der Waals surface area (Å²) in [7, 11) is 0. The fraction of sp³-hybridized carbons (Fsp3) is 0.889. The maximum Gasteiger partial charge on any atom is 0.152 e. The molecule has 2 rings (SSSR count). The number of thioether (sulfide) groups is 2. The summed E-state index contributed by atoms with van der Waals surface area (Å²) in [5, 5.41) is 0. The Morgan fingerprint density at radius 1 is 1.00 bits per heavy atom. The van der Waals surface area contributed by atoms with Gasteiger partial charge in [-0.1, -0.05) is 19.3 Å². The molecule has 68 valence electrons. The van der Waals surface area contributed by atoms with Gasteiger partial charge < -0.3 is 0 Å². The van der Waals surface area contributed by atoms with Crippen molar-refractivity contribution in [2.75, 3.05) is 11.5 Å². The minimum Gasteiger partial charge on any atom is -0.298 e. The monoisotopic (exact) mass is 202 g/mol. The molecule has 0 atom stereocenters. The second-order valence-electron chi connectivity index (χ2n) is 3.59. The minimum atomic E-state index is 0.432. The highest BCUT2D eigenvalue weighted by atomic mass is 32.2. The molecule has 1 saturated carbocycles. The predicted molar refractivity (Wildman–Crippen MR) is 55.7 cm³/mol. The minimum absolute atomic E-state index is 0.432. The van der Waals surface area contributed by atoms with E-state index in [-0.39, 0.29) is 0 Å². The van der Waals surface area contributed by atoms with Crippen molar-refractivity contribution in [3.05, 3.63) is 0 Å². The maximum absolute atomic E-state index is 11.0. The Hall–Kier alpha value is 0.370. The van der Waals surface area contributed by atoms with E-state index in [0.29, 0.717) is 9.86 Å². The number of Topliss-reactive ketones (excluding diaryl/α,β-unsaturated/α-hetero) is 1. The van der Waals surface area contributed by atoms with Gasteiger partial charge in [0.15, 0.2) is 5.78 Å². The summed E-state index contributed by atoms with van der Waals surface area (Å²) >= 11 is 3.82. The van der Waals surface area contributed by atoms with Crippen molar-refractivity contribution in [3.8, 4) is 0 Å². The van der Waals surface area contributed by atoms with Crippen molar-refractivity contribution in [2.24, 2.45) is 0 Å². The van der Waals surface area contributed by atoms with E-state index in [2.05, 4.69) is 0 Å². The first-order valence-corrected chi connectivity index (χ1v) is 6.58. The van der Waals surface area contributed by atoms with Crippen LogP contribution in [0.1, 0.15) is 32.1 Å². The molecular formula is C9H14OS2. The third-order valence-electron chi connectivity index (χ3n) is 2.61. The van der Waals surface area contributed by atoms with Crippen LogP contribution in [0.15, 0.2) is 0 Å². The molecule has 0 aromatic rings. The Kier molecular flexibility index (Phi) is 2.70. The lowest BCUT2D eigenvalue weighted by atomic mass is 10.00. The van der Waals surface area contributed by atoms with E-state index < -0.39 is 0 Å². The van der Waals surface area contributed by atoms with Crippen LogP contribution >= 0.6 is 23.5 Å². The van der Waals surface area contributed by atoms with Gasteiger partial charge in [-0.25, -0.2) is 0 Å². The van der Waals surface area contributed by atoms with Crippen molar-refractivity contribution < 1.29 is 4.79 Å². The summed E-state index contributed by atoms with van der Waals surface area (Å²) in [6, 6.07) is 0. The zero-order valence-corrected chi connectivity index (χ0v) is 8.81. The zero-order valence-electron chi connectivity index (χ0n) is 7.17. The van der Waals surface area contributed by atoms with Crippen LogP contribution in [0.3, 0.4) is 0 Å². The van der Waals surface area contributed by atoms with Crippen LogP contribution in [0, 0.1) is 0 Å². The second-order valence-corrected chi connectivity index (χ2v) is 6.56.